The number of hydrogen-bond acceptors (Lipinski definition) is 6. The summed E-state index contributed by atoms with van der Waals surface area (Å²) in [4.78, 5) is 12.5. The highest BCUT2D eigenvalue weighted by Crippen LogP contribution is 2.31. The molecule has 124 valence electrons. The Morgan fingerprint density at radius 2 is 2.04 bits per heavy atom. The summed E-state index contributed by atoms with van der Waals surface area (Å²) in [6.45, 7) is 5.29. The average Bonchev–Trinajstić information content (AvgIpc) is 3.02. The third-order valence-corrected chi connectivity index (χ3v) is 7.46. The normalized spacial score (nSPS) is 18.8. The molecule has 10 heteroatoms. The van der Waals surface area contributed by atoms with Crippen molar-refractivity contribution in [2.45, 2.75) is 44.1 Å². The van der Waals surface area contributed by atoms with Crippen LogP contribution in [0.3, 0.4) is 0 Å². The number of aromatic nitrogens is 3. The largest absolute Gasteiger partial charge is 0.480 e. The van der Waals surface area contributed by atoms with Crippen molar-refractivity contribution in [3.05, 3.63) is 28.2 Å². The molecule has 0 aromatic carbocycles. The van der Waals surface area contributed by atoms with Crippen LogP contribution in [0.25, 0.3) is 0 Å². The number of hydrogen-bond donors (Lipinski definition) is 1. The first-order chi connectivity index (χ1) is 10.7. The zero-order valence-electron chi connectivity index (χ0n) is 12.8. The lowest BCUT2D eigenvalue weighted by molar-refractivity contribution is -0.142. The number of thiophene rings is 1. The zero-order chi connectivity index (χ0) is 16.9. The molecule has 3 heterocycles. The molecular formula is C13H16N4O4S2. The lowest BCUT2D eigenvalue weighted by atomic mass is 10.2. The smallest absolute Gasteiger partial charge is 0.323 e. The van der Waals surface area contributed by atoms with Crippen molar-refractivity contribution in [3.63, 3.8) is 0 Å². The van der Waals surface area contributed by atoms with E-state index in [9.17, 15) is 18.3 Å². The van der Waals surface area contributed by atoms with E-state index < -0.39 is 22.0 Å². The maximum Gasteiger partial charge on any atom is 0.323 e. The van der Waals surface area contributed by atoms with Crippen molar-refractivity contribution in [1.82, 2.24) is 19.1 Å². The second-order valence-corrected chi connectivity index (χ2v) is 8.86. The van der Waals surface area contributed by atoms with Gasteiger partial charge in [-0.1, -0.05) is 0 Å². The van der Waals surface area contributed by atoms with Crippen LogP contribution in [-0.2, 0) is 27.9 Å². The number of aliphatic carboxylic acids is 1. The molecule has 1 aliphatic heterocycles. The van der Waals surface area contributed by atoms with Crippen LogP contribution < -0.4 is 0 Å². The molecule has 0 radical (unpaired) electrons. The Kier molecular flexibility index (Phi) is 3.77. The molecule has 0 spiro atoms. The van der Waals surface area contributed by atoms with Gasteiger partial charge < -0.3 is 9.67 Å². The van der Waals surface area contributed by atoms with Crippen LogP contribution in [0.1, 0.15) is 22.1 Å². The first-order valence-electron chi connectivity index (χ1n) is 6.92. The van der Waals surface area contributed by atoms with Crippen molar-refractivity contribution >= 4 is 27.3 Å². The van der Waals surface area contributed by atoms with Gasteiger partial charge in [-0.2, -0.15) is 4.31 Å². The molecule has 0 amide bonds. The molecule has 0 bridgehead atoms. The second kappa shape index (κ2) is 5.39. The number of carboxylic acid groups (broad SMARTS) is 1. The van der Waals surface area contributed by atoms with E-state index >= 15 is 0 Å². The van der Waals surface area contributed by atoms with Crippen LogP contribution in [0.4, 0.5) is 0 Å². The van der Waals surface area contributed by atoms with Gasteiger partial charge in [0.05, 0.1) is 13.1 Å². The van der Waals surface area contributed by atoms with E-state index in [1.165, 1.54) is 0 Å². The van der Waals surface area contributed by atoms with Crippen LogP contribution in [0, 0.1) is 20.8 Å². The van der Waals surface area contributed by atoms with Gasteiger partial charge in [-0.05, 0) is 32.4 Å². The summed E-state index contributed by atoms with van der Waals surface area (Å²) in [5, 5.41) is 17.3. The molecule has 2 aromatic heterocycles. The van der Waals surface area contributed by atoms with Crippen LogP contribution in [0.5, 0.6) is 0 Å². The summed E-state index contributed by atoms with van der Waals surface area (Å²) in [5.41, 5.74) is 0.872. The van der Waals surface area contributed by atoms with Gasteiger partial charge in [0.2, 0.25) is 0 Å². The Labute approximate surface area is 137 Å². The van der Waals surface area contributed by atoms with Crippen LogP contribution in [-0.4, -0.2) is 44.6 Å². The molecule has 1 atom stereocenters. The Hall–Kier alpha value is -1.78. The summed E-state index contributed by atoms with van der Waals surface area (Å²) in [6.07, 6.45) is 0. The number of carbonyl (C=O) groups is 1. The van der Waals surface area contributed by atoms with Crippen molar-refractivity contribution in [3.8, 4) is 0 Å². The molecule has 1 N–H and O–H groups in total. The highest BCUT2D eigenvalue weighted by molar-refractivity contribution is 7.91. The van der Waals surface area contributed by atoms with E-state index in [0.29, 0.717) is 11.6 Å². The minimum Gasteiger partial charge on any atom is -0.480 e. The van der Waals surface area contributed by atoms with E-state index in [0.717, 1.165) is 26.1 Å². The average molecular weight is 356 g/mol. The van der Waals surface area contributed by atoms with Gasteiger partial charge in [0.15, 0.2) is 0 Å². The molecule has 0 aliphatic carbocycles. The standard InChI is InChI=1S/C13H16N4O4S2/c1-7-4-12(22-8(7)2)23(20,21)17-6-11-15-14-9(3)16(11)5-10(17)13(18)19/h4,10H,5-6H2,1-3H3,(H,18,19). The van der Waals surface area contributed by atoms with Gasteiger partial charge in [-0.3, -0.25) is 4.79 Å². The van der Waals surface area contributed by atoms with E-state index in [4.69, 9.17) is 0 Å². The predicted octanol–water partition coefficient (Wildman–Crippen LogP) is 0.923. The van der Waals surface area contributed by atoms with E-state index in [2.05, 4.69) is 10.2 Å². The molecule has 23 heavy (non-hydrogen) atoms. The Morgan fingerprint density at radius 1 is 1.35 bits per heavy atom. The first-order valence-corrected chi connectivity index (χ1v) is 9.18. The fourth-order valence-electron chi connectivity index (χ4n) is 2.53. The number of nitrogens with zero attached hydrogens (tertiary/aromatic N) is 4. The fourth-order valence-corrected chi connectivity index (χ4v) is 5.70. The molecule has 2 aromatic rings. The van der Waals surface area contributed by atoms with Gasteiger partial charge in [0.1, 0.15) is 21.9 Å². The molecule has 0 fully saturated rings. The molecular weight excluding hydrogens is 340 g/mol. The fraction of sp³-hybridized carbons (Fsp3) is 0.462. The van der Waals surface area contributed by atoms with Gasteiger partial charge in [0, 0.05) is 4.88 Å². The highest BCUT2D eigenvalue weighted by Gasteiger charge is 2.41. The number of fused-ring (bicyclic) bond motifs is 1. The molecule has 3 rings (SSSR count). The quantitative estimate of drug-likeness (QED) is 0.877. The van der Waals surface area contributed by atoms with E-state index in [-0.39, 0.29) is 17.3 Å². The van der Waals surface area contributed by atoms with Crippen LogP contribution in [0.15, 0.2) is 10.3 Å². The maximum absolute atomic E-state index is 12.9. The molecule has 8 nitrogen and oxygen atoms in total. The molecule has 1 unspecified atom stereocenters. The van der Waals surface area contributed by atoms with Crippen molar-refractivity contribution in [2.75, 3.05) is 0 Å². The molecule has 0 saturated heterocycles. The number of carboxylic acids is 1. The summed E-state index contributed by atoms with van der Waals surface area (Å²) in [5.74, 6) is -0.156. The topological polar surface area (TPSA) is 105 Å². The predicted molar refractivity (Wildman–Crippen MR) is 82.7 cm³/mol. The van der Waals surface area contributed by atoms with Gasteiger partial charge in [-0.25, -0.2) is 8.42 Å². The summed E-state index contributed by atoms with van der Waals surface area (Å²) in [6, 6.07) is 0.406. The van der Waals surface area contributed by atoms with Gasteiger partial charge in [0.25, 0.3) is 10.0 Å². The third kappa shape index (κ3) is 2.56. The van der Waals surface area contributed by atoms with Crippen molar-refractivity contribution in [2.24, 2.45) is 0 Å². The minimum atomic E-state index is -3.90. The highest BCUT2D eigenvalue weighted by atomic mass is 32.2. The van der Waals surface area contributed by atoms with E-state index in [1.54, 1.807) is 17.6 Å². The van der Waals surface area contributed by atoms with Crippen LogP contribution >= 0.6 is 11.3 Å². The summed E-state index contributed by atoms with van der Waals surface area (Å²) < 4.78 is 28.6. The maximum atomic E-state index is 12.9. The number of rotatable bonds is 3. The Bertz CT molecular complexity index is 864. The first kappa shape index (κ1) is 16.1. The van der Waals surface area contributed by atoms with Crippen LogP contribution in [0.2, 0.25) is 0 Å². The Balaban J connectivity index is 2.07. The summed E-state index contributed by atoms with van der Waals surface area (Å²) >= 11 is 1.15. The monoisotopic (exact) mass is 356 g/mol. The van der Waals surface area contributed by atoms with Gasteiger partial charge in [-0.15, -0.1) is 21.5 Å². The third-order valence-electron chi connectivity index (χ3n) is 4.00. The Morgan fingerprint density at radius 3 is 2.61 bits per heavy atom. The number of aryl methyl sites for hydroxylation is 3. The minimum absolute atomic E-state index is 0.00602. The number of sulfonamides is 1. The van der Waals surface area contributed by atoms with Crippen molar-refractivity contribution < 1.29 is 18.3 Å². The molecule has 1 aliphatic rings. The van der Waals surface area contributed by atoms with E-state index in [1.807, 2.05) is 13.8 Å². The van der Waals surface area contributed by atoms with Crippen molar-refractivity contribution in [1.29, 1.82) is 0 Å². The summed E-state index contributed by atoms with van der Waals surface area (Å²) in [7, 11) is -3.90. The van der Waals surface area contributed by atoms with Gasteiger partial charge >= 0.3 is 5.97 Å². The second-order valence-electron chi connectivity index (χ2n) is 5.48. The lowest BCUT2D eigenvalue weighted by Crippen LogP contribution is -2.50. The zero-order valence-corrected chi connectivity index (χ0v) is 14.5. The SMILES string of the molecule is Cc1cc(S(=O)(=O)N2Cc3nnc(C)n3CC2C(=O)O)sc1C. The lowest BCUT2D eigenvalue weighted by Gasteiger charge is -2.32. The molecule has 0 saturated carbocycles.